The summed E-state index contributed by atoms with van der Waals surface area (Å²) in [4.78, 5) is 14.8. The first kappa shape index (κ1) is 21.4. The Kier molecular flexibility index (Phi) is 6.39. The fourth-order valence-electron chi connectivity index (χ4n) is 5.34. The molecule has 0 unspecified atom stereocenters. The Morgan fingerprint density at radius 1 is 1.19 bits per heavy atom. The third-order valence-electron chi connectivity index (χ3n) is 6.98. The lowest BCUT2D eigenvalue weighted by Gasteiger charge is -2.34. The largest absolute Gasteiger partial charge is 0.396 e. The second-order valence-electron chi connectivity index (χ2n) is 8.97. The van der Waals surface area contributed by atoms with Gasteiger partial charge >= 0.3 is 0 Å². The standard InChI is InChI=1S/C25H34N6O/c1-29-23(28-20-8-3-10-22(25(20)29)30-15-12-26-13-16-30)18-31(14-5-17-32)21-9-2-6-19-7-4-11-27-24(19)21/h3-4,7-8,10-11,21,26,32H,2,5-6,9,12-18H2,1H3/t21-/m1/s1. The number of anilines is 1. The summed E-state index contributed by atoms with van der Waals surface area (Å²) < 4.78 is 2.28. The van der Waals surface area contributed by atoms with Crippen LogP contribution in [0.5, 0.6) is 0 Å². The van der Waals surface area contributed by atoms with Gasteiger partial charge in [-0.3, -0.25) is 9.88 Å². The molecule has 32 heavy (non-hydrogen) atoms. The predicted molar refractivity (Wildman–Crippen MR) is 128 cm³/mol. The number of rotatable bonds is 7. The zero-order valence-corrected chi connectivity index (χ0v) is 19.0. The second kappa shape index (κ2) is 9.57. The molecule has 0 saturated carbocycles. The van der Waals surface area contributed by atoms with E-state index in [-0.39, 0.29) is 12.6 Å². The van der Waals surface area contributed by atoms with Crippen LogP contribution in [0.3, 0.4) is 0 Å². The molecule has 170 valence electrons. The normalized spacial score (nSPS) is 19.0. The highest BCUT2D eigenvalue weighted by Crippen LogP contribution is 2.34. The van der Waals surface area contributed by atoms with Crippen molar-refractivity contribution in [2.75, 3.05) is 44.2 Å². The summed E-state index contributed by atoms with van der Waals surface area (Å²) in [5, 5.41) is 13.0. The third-order valence-corrected chi connectivity index (χ3v) is 6.98. The maximum Gasteiger partial charge on any atom is 0.123 e. The number of piperazine rings is 1. The molecule has 2 N–H and O–H groups in total. The van der Waals surface area contributed by atoms with Crippen molar-refractivity contribution in [2.24, 2.45) is 7.05 Å². The predicted octanol–water partition coefficient (Wildman–Crippen LogP) is 2.64. The van der Waals surface area contributed by atoms with Gasteiger partial charge in [-0.05, 0) is 49.4 Å². The number of fused-ring (bicyclic) bond motifs is 2. The Morgan fingerprint density at radius 2 is 2.06 bits per heavy atom. The van der Waals surface area contributed by atoms with Gasteiger partial charge in [-0.15, -0.1) is 0 Å². The fraction of sp³-hybridized carbons (Fsp3) is 0.520. The molecular formula is C25H34N6O. The number of hydrogen-bond donors (Lipinski definition) is 2. The molecule has 1 fully saturated rings. The minimum atomic E-state index is 0.202. The number of nitrogens with one attached hydrogen (secondary N) is 1. The second-order valence-corrected chi connectivity index (χ2v) is 8.97. The molecule has 7 nitrogen and oxygen atoms in total. The molecule has 7 heteroatoms. The van der Waals surface area contributed by atoms with Crippen molar-refractivity contribution in [3.8, 4) is 0 Å². The average Bonchev–Trinajstić information content (AvgIpc) is 3.17. The number of imidazole rings is 1. The molecule has 0 spiro atoms. The van der Waals surface area contributed by atoms with E-state index in [1.165, 1.54) is 28.9 Å². The molecule has 1 aromatic carbocycles. The monoisotopic (exact) mass is 434 g/mol. The fourth-order valence-corrected chi connectivity index (χ4v) is 5.34. The van der Waals surface area contributed by atoms with E-state index in [2.05, 4.69) is 51.0 Å². The quantitative estimate of drug-likeness (QED) is 0.596. The first-order valence-electron chi connectivity index (χ1n) is 11.9. The van der Waals surface area contributed by atoms with E-state index < -0.39 is 0 Å². The van der Waals surface area contributed by atoms with Crippen molar-refractivity contribution in [3.05, 3.63) is 53.6 Å². The molecule has 3 heterocycles. The van der Waals surface area contributed by atoms with Crippen LogP contribution >= 0.6 is 0 Å². The Morgan fingerprint density at radius 3 is 2.91 bits per heavy atom. The van der Waals surface area contributed by atoms with E-state index in [1.807, 2.05) is 12.3 Å². The summed E-state index contributed by atoms with van der Waals surface area (Å²) in [6.07, 6.45) is 6.05. The average molecular weight is 435 g/mol. The third kappa shape index (κ3) is 4.12. The maximum atomic E-state index is 9.55. The van der Waals surface area contributed by atoms with Crippen molar-refractivity contribution >= 4 is 16.7 Å². The van der Waals surface area contributed by atoms with E-state index in [9.17, 15) is 5.11 Å². The minimum Gasteiger partial charge on any atom is -0.396 e. The summed E-state index contributed by atoms with van der Waals surface area (Å²) >= 11 is 0. The Hall–Kier alpha value is -2.48. The zero-order valence-electron chi connectivity index (χ0n) is 19.0. The van der Waals surface area contributed by atoms with Crippen LogP contribution in [0.2, 0.25) is 0 Å². The van der Waals surface area contributed by atoms with Crippen LogP contribution < -0.4 is 10.2 Å². The molecule has 3 aromatic rings. The lowest BCUT2D eigenvalue weighted by molar-refractivity contribution is 0.144. The number of aryl methyl sites for hydroxylation is 2. The maximum absolute atomic E-state index is 9.55. The summed E-state index contributed by atoms with van der Waals surface area (Å²) in [6, 6.07) is 11.0. The van der Waals surface area contributed by atoms with Crippen LogP contribution in [0.1, 0.15) is 42.4 Å². The number of para-hydroxylation sites is 1. The Bertz CT molecular complexity index is 1060. The number of pyridine rings is 1. The molecule has 1 aliphatic carbocycles. The Balaban J connectivity index is 1.48. The highest BCUT2D eigenvalue weighted by Gasteiger charge is 2.28. The van der Waals surface area contributed by atoms with E-state index in [1.54, 1.807) is 0 Å². The van der Waals surface area contributed by atoms with Crippen molar-refractivity contribution in [2.45, 2.75) is 38.3 Å². The van der Waals surface area contributed by atoms with Gasteiger partial charge in [-0.1, -0.05) is 12.1 Å². The summed E-state index contributed by atoms with van der Waals surface area (Å²) in [5.74, 6) is 1.07. The number of aliphatic hydroxyl groups excluding tert-OH is 1. The van der Waals surface area contributed by atoms with Crippen LogP contribution in [-0.2, 0) is 20.0 Å². The number of aliphatic hydroxyl groups is 1. The van der Waals surface area contributed by atoms with Crippen LogP contribution in [0.25, 0.3) is 11.0 Å². The van der Waals surface area contributed by atoms with Gasteiger partial charge in [0.25, 0.3) is 0 Å². The van der Waals surface area contributed by atoms with Crippen molar-refractivity contribution in [1.29, 1.82) is 0 Å². The molecule has 1 aliphatic heterocycles. The zero-order chi connectivity index (χ0) is 21.9. The summed E-state index contributed by atoms with van der Waals surface area (Å²) in [5.41, 5.74) is 6.12. The van der Waals surface area contributed by atoms with Gasteiger partial charge in [-0.25, -0.2) is 4.98 Å². The van der Waals surface area contributed by atoms with E-state index >= 15 is 0 Å². The van der Waals surface area contributed by atoms with Gasteiger partial charge in [0, 0.05) is 52.6 Å². The van der Waals surface area contributed by atoms with Gasteiger partial charge in [0.2, 0.25) is 0 Å². The van der Waals surface area contributed by atoms with Crippen molar-refractivity contribution in [3.63, 3.8) is 0 Å². The molecule has 0 radical (unpaired) electrons. The first-order chi connectivity index (χ1) is 15.8. The SMILES string of the molecule is Cn1c(CN(CCCO)[C@@H]2CCCc3cccnc32)nc2cccc(N3CCNCC3)c21. The van der Waals surface area contributed by atoms with E-state index in [0.717, 1.165) is 69.9 Å². The van der Waals surface area contributed by atoms with E-state index in [4.69, 9.17) is 9.97 Å². The molecule has 2 aliphatic rings. The number of benzene rings is 1. The van der Waals surface area contributed by atoms with Crippen LogP contribution in [0, 0.1) is 0 Å². The van der Waals surface area contributed by atoms with Gasteiger partial charge in [0.15, 0.2) is 0 Å². The molecule has 0 bridgehead atoms. The summed E-state index contributed by atoms with van der Waals surface area (Å²) in [7, 11) is 2.15. The van der Waals surface area contributed by atoms with E-state index in [0.29, 0.717) is 0 Å². The molecule has 1 saturated heterocycles. The highest BCUT2D eigenvalue weighted by atomic mass is 16.3. The van der Waals surface area contributed by atoms with Gasteiger partial charge < -0.3 is 19.9 Å². The molecule has 0 amide bonds. The molecular weight excluding hydrogens is 400 g/mol. The first-order valence-corrected chi connectivity index (χ1v) is 11.9. The van der Waals surface area contributed by atoms with Gasteiger partial charge in [0.05, 0.1) is 35.0 Å². The number of nitrogens with zero attached hydrogens (tertiary/aromatic N) is 5. The Labute approximate surface area is 190 Å². The van der Waals surface area contributed by atoms with Crippen LogP contribution in [0.4, 0.5) is 5.69 Å². The van der Waals surface area contributed by atoms with Gasteiger partial charge in [-0.2, -0.15) is 0 Å². The topological polar surface area (TPSA) is 69.5 Å². The van der Waals surface area contributed by atoms with Crippen LogP contribution in [-0.4, -0.2) is 63.9 Å². The van der Waals surface area contributed by atoms with Crippen molar-refractivity contribution in [1.82, 2.24) is 24.8 Å². The lowest BCUT2D eigenvalue weighted by Crippen LogP contribution is -2.43. The molecule has 2 aromatic heterocycles. The lowest BCUT2D eigenvalue weighted by atomic mass is 9.90. The molecule has 5 rings (SSSR count). The van der Waals surface area contributed by atoms with Crippen LogP contribution in [0.15, 0.2) is 36.5 Å². The molecule has 1 atom stereocenters. The minimum absolute atomic E-state index is 0.202. The summed E-state index contributed by atoms with van der Waals surface area (Å²) in [6.45, 7) is 5.87. The smallest absolute Gasteiger partial charge is 0.123 e. The van der Waals surface area contributed by atoms with Crippen molar-refractivity contribution < 1.29 is 5.11 Å². The van der Waals surface area contributed by atoms with Gasteiger partial charge in [0.1, 0.15) is 5.82 Å². The number of aromatic nitrogens is 3. The highest BCUT2D eigenvalue weighted by molar-refractivity contribution is 5.89. The number of hydrogen-bond acceptors (Lipinski definition) is 6.